The highest BCUT2D eigenvalue weighted by Crippen LogP contribution is 2.30. The molecule has 1 heterocycles. The number of hydrogen-bond donors (Lipinski definition) is 1. The van der Waals surface area contributed by atoms with Crippen molar-refractivity contribution in [3.05, 3.63) is 56.2 Å². The molecule has 0 aliphatic rings. The third-order valence-corrected chi connectivity index (χ3v) is 4.86. The molecule has 2 rings (SSSR count). The van der Waals surface area contributed by atoms with Crippen molar-refractivity contribution in [2.45, 2.75) is 25.8 Å². The summed E-state index contributed by atoms with van der Waals surface area (Å²) >= 11 is 5.31. The second-order valence-corrected chi connectivity index (χ2v) is 6.51. The number of aryl methyl sites for hydroxylation is 1. The molecule has 0 saturated carbocycles. The smallest absolute Gasteiger partial charge is 0.0430 e. The number of halogens is 1. The summed E-state index contributed by atoms with van der Waals surface area (Å²) in [5.41, 5.74) is 8.56. The topological polar surface area (TPSA) is 26.0 Å². The lowest BCUT2D eigenvalue weighted by atomic mass is 9.89. The van der Waals surface area contributed by atoms with Crippen molar-refractivity contribution >= 4 is 27.3 Å². The predicted octanol–water partition coefficient (Wildman–Crippen LogP) is 4.24. The van der Waals surface area contributed by atoms with Gasteiger partial charge in [-0.15, -0.1) is 11.3 Å². The molecule has 0 aliphatic heterocycles. The summed E-state index contributed by atoms with van der Waals surface area (Å²) in [5.74, 6) is 0. The van der Waals surface area contributed by atoms with Crippen molar-refractivity contribution in [2.75, 3.05) is 0 Å². The maximum atomic E-state index is 6.43. The molecular weight excluding hydrogens is 294 g/mol. The molecule has 3 heteroatoms. The standard InChI is InChI=1S/C14H16BrNS/c1-10-3-5-11(6-4-10)14(2,16)9-13-12(15)7-8-17-13/h3-8H,9,16H2,1-2H3. The van der Waals surface area contributed by atoms with Gasteiger partial charge in [0.15, 0.2) is 0 Å². The van der Waals surface area contributed by atoms with Gasteiger partial charge in [-0.05, 0) is 46.8 Å². The molecule has 2 N–H and O–H groups in total. The molecule has 2 aromatic rings. The highest BCUT2D eigenvalue weighted by molar-refractivity contribution is 9.10. The van der Waals surface area contributed by atoms with E-state index in [-0.39, 0.29) is 5.54 Å². The summed E-state index contributed by atoms with van der Waals surface area (Å²) in [6, 6.07) is 10.5. The second-order valence-electron chi connectivity index (χ2n) is 4.65. The third-order valence-electron chi connectivity index (χ3n) is 2.93. The number of rotatable bonds is 3. The van der Waals surface area contributed by atoms with Gasteiger partial charge in [0.1, 0.15) is 0 Å². The quantitative estimate of drug-likeness (QED) is 0.902. The largest absolute Gasteiger partial charge is 0.321 e. The molecule has 0 fully saturated rings. The minimum Gasteiger partial charge on any atom is -0.321 e. The predicted molar refractivity (Wildman–Crippen MR) is 78.4 cm³/mol. The summed E-state index contributed by atoms with van der Waals surface area (Å²) in [4.78, 5) is 1.30. The van der Waals surface area contributed by atoms with Gasteiger partial charge >= 0.3 is 0 Å². The van der Waals surface area contributed by atoms with Crippen LogP contribution < -0.4 is 5.73 Å². The van der Waals surface area contributed by atoms with Crippen molar-refractivity contribution in [1.82, 2.24) is 0 Å². The Labute approximate surface area is 115 Å². The van der Waals surface area contributed by atoms with Gasteiger partial charge in [-0.2, -0.15) is 0 Å². The summed E-state index contributed by atoms with van der Waals surface area (Å²) in [6.07, 6.45) is 0.855. The van der Waals surface area contributed by atoms with Crippen LogP contribution in [0.4, 0.5) is 0 Å². The number of benzene rings is 1. The highest BCUT2D eigenvalue weighted by Gasteiger charge is 2.23. The fourth-order valence-corrected chi connectivity index (χ4v) is 3.48. The van der Waals surface area contributed by atoms with E-state index >= 15 is 0 Å². The van der Waals surface area contributed by atoms with Crippen LogP contribution in [0, 0.1) is 6.92 Å². The summed E-state index contributed by atoms with van der Waals surface area (Å²) < 4.78 is 1.16. The van der Waals surface area contributed by atoms with Gasteiger partial charge in [0, 0.05) is 21.3 Å². The molecule has 0 aliphatic carbocycles. The molecular formula is C14H16BrNS. The van der Waals surface area contributed by atoms with E-state index in [0.717, 1.165) is 10.9 Å². The van der Waals surface area contributed by atoms with E-state index in [2.05, 4.69) is 65.5 Å². The van der Waals surface area contributed by atoms with Crippen molar-refractivity contribution in [1.29, 1.82) is 0 Å². The fraction of sp³-hybridized carbons (Fsp3) is 0.286. The minimum atomic E-state index is -0.318. The number of nitrogens with two attached hydrogens (primary N) is 1. The summed E-state index contributed by atoms with van der Waals surface area (Å²) in [7, 11) is 0. The molecule has 1 aromatic heterocycles. The molecule has 0 amide bonds. The van der Waals surface area contributed by atoms with Crippen LogP contribution in [0.15, 0.2) is 40.2 Å². The molecule has 1 aromatic carbocycles. The number of thiophene rings is 1. The van der Waals surface area contributed by atoms with E-state index in [1.165, 1.54) is 16.0 Å². The lowest BCUT2D eigenvalue weighted by Gasteiger charge is -2.25. The van der Waals surface area contributed by atoms with E-state index in [9.17, 15) is 0 Å². The zero-order chi connectivity index (χ0) is 12.5. The van der Waals surface area contributed by atoms with Gasteiger partial charge in [0.2, 0.25) is 0 Å². The Morgan fingerprint density at radius 1 is 1.24 bits per heavy atom. The maximum Gasteiger partial charge on any atom is 0.0430 e. The Balaban J connectivity index is 2.24. The minimum absolute atomic E-state index is 0.318. The lowest BCUT2D eigenvalue weighted by molar-refractivity contribution is 0.494. The Bertz CT molecular complexity index is 499. The molecule has 0 saturated heterocycles. The van der Waals surface area contributed by atoms with Crippen molar-refractivity contribution in [3.8, 4) is 0 Å². The van der Waals surface area contributed by atoms with Gasteiger partial charge < -0.3 is 5.73 Å². The van der Waals surface area contributed by atoms with E-state index < -0.39 is 0 Å². The van der Waals surface area contributed by atoms with Crippen LogP contribution in [0.25, 0.3) is 0 Å². The van der Waals surface area contributed by atoms with Crippen LogP contribution in [0.3, 0.4) is 0 Å². The second kappa shape index (κ2) is 4.92. The molecule has 1 unspecified atom stereocenters. The van der Waals surface area contributed by atoms with E-state index in [0.29, 0.717) is 0 Å². The zero-order valence-corrected chi connectivity index (χ0v) is 12.4. The van der Waals surface area contributed by atoms with E-state index in [1.54, 1.807) is 11.3 Å². The third kappa shape index (κ3) is 2.97. The molecule has 0 radical (unpaired) electrons. The fourth-order valence-electron chi connectivity index (χ4n) is 1.82. The van der Waals surface area contributed by atoms with Crippen molar-refractivity contribution in [2.24, 2.45) is 5.73 Å². The van der Waals surface area contributed by atoms with Gasteiger partial charge in [0.05, 0.1) is 0 Å². The Kier molecular flexibility index (Phi) is 3.71. The molecule has 1 nitrogen and oxygen atoms in total. The average Bonchev–Trinajstić information content (AvgIpc) is 2.64. The van der Waals surface area contributed by atoms with Crippen molar-refractivity contribution in [3.63, 3.8) is 0 Å². The molecule has 90 valence electrons. The van der Waals surface area contributed by atoms with E-state index in [4.69, 9.17) is 5.73 Å². The first-order chi connectivity index (χ1) is 7.99. The maximum absolute atomic E-state index is 6.43. The van der Waals surface area contributed by atoms with Crippen LogP contribution in [-0.4, -0.2) is 0 Å². The van der Waals surface area contributed by atoms with Gasteiger partial charge in [-0.1, -0.05) is 29.8 Å². The number of hydrogen-bond acceptors (Lipinski definition) is 2. The molecule has 0 bridgehead atoms. The Morgan fingerprint density at radius 2 is 1.88 bits per heavy atom. The first-order valence-electron chi connectivity index (χ1n) is 5.57. The van der Waals surface area contributed by atoms with Gasteiger partial charge in [0.25, 0.3) is 0 Å². The monoisotopic (exact) mass is 309 g/mol. The molecule has 17 heavy (non-hydrogen) atoms. The van der Waals surface area contributed by atoms with Crippen LogP contribution in [0.1, 0.15) is 22.9 Å². The highest BCUT2D eigenvalue weighted by atomic mass is 79.9. The first-order valence-corrected chi connectivity index (χ1v) is 7.24. The lowest BCUT2D eigenvalue weighted by Crippen LogP contribution is -2.35. The average molecular weight is 310 g/mol. The Morgan fingerprint density at radius 3 is 2.41 bits per heavy atom. The first kappa shape index (κ1) is 12.8. The van der Waals surface area contributed by atoms with Crippen LogP contribution in [0.2, 0.25) is 0 Å². The molecule has 1 atom stereocenters. The summed E-state index contributed by atoms with van der Waals surface area (Å²) in [5, 5.41) is 2.09. The normalized spacial score (nSPS) is 14.6. The van der Waals surface area contributed by atoms with Crippen molar-refractivity contribution < 1.29 is 0 Å². The van der Waals surface area contributed by atoms with Gasteiger partial charge in [-0.3, -0.25) is 0 Å². The zero-order valence-electron chi connectivity index (χ0n) is 10.0. The van der Waals surface area contributed by atoms with Crippen LogP contribution in [-0.2, 0) is 12.0 Å². The van der Waals surface area contributed by atoms with Gasteiger partial charge in [-0.25, -0.2) is 0 Å². The van der Waals surface area contributed by atoms with Crippen LogP contribution >= 0.6 is 27.3 Å². The summed E-state index contributed by atoms with van der Waals surface area (Å²) in [6.45, 7) is 4.18. The molecule has 0 spiro atoms. The van der Waals surface area contributed by atoms with E-state index in [1.807, 2.05) is 0 Å². The Hall–Kier alpha value is -0.640. The SMILES string of the molecule is Cc1ccc(C(C)(N)Cc2sccc2Br)cc1. The van der Waals surface area contributed by atoms with Crippen LogP contribution in [0.5, 0.6) is 0 Å².